The molecule has 0 aromatic carbocycles. The van der Waals surface area contributed by atoms with Crippen LogP contribution in [0.2, 0.25) is 0 Å². The standard InChI is InChI=1S/C24H36N4O3/c1-5-26(6-2)12-13-28-22(29)20-15-21-19(14-17(3)31-21)27(20)16-24(28,4)23(30)25-18-10-8-7-9-11-18/h14-15,18H,5-13,16H2,1-4H3,(H,25,30)/t24-/m1/s1. The monoisotopic (exact) mass is 428 g/mol. The van der Waals surface area contributed by atoms with Crippen LogP contribution in [-0.4, -0.2) is 63.9 Å². The second kappa shape index (κ2) is 8.69. The maximum Gasteiger partial charge on any atom is 0.271 e. The molecule has 0 spiro atoms. The van der Waals surface area contributed by atoms with Gasteiger partial charge in [0.2, 0.25) is 5.91 Å². The first-order valence-electron chi connectivity index (χ1n) is 11.8. The Morgan fingerprint density at radius 2 is 1.94 bits per heavy atom. The molecule has 2 aliphatic rings. The van der Waals surface area contributed by atoms with Gasteiger partial charge < -0.3 is 24.1 Å². The Morgan fingerprint density at radius 1 is 1.23 bits per heavy atom. The quantitative estimate of drug-likeness (QED) is 0.732. The van der Waals surface area contributed by atoms with E-state index in [0.29, 0.717) is 24.4 Å². The van der Waals surface area contributed by atoms with E-state index in [1.54, 1.807) is 4.90 Å². The van der Waals surface area contributed by atoms with Crippen LogP contribution in [0, 0.1) is 6.92 Å². The summed E-state index contributed by atoms with van der Waals surface area (Å²) >= 11 is 0. The molecule has 1 saturated carbocycles. The van der Waals surface area contributed by atoms with Crippen LogP contribution in [0.25, 0.3) is 11.1 Å². The first kappa shape index (κ1) is 21.9. The van der Waals surface area contributed by atoms with Crippen molar-refractivity contribution in [3.8, 4) is 0 Å². The van der Waals surface area contributed by atoms with Gasteiger partial charge in [-0.15, -0.1) is 0 Å². The molecule has 2 aromatic rings. The number of hydrogen-bond acceptors (Lipinski definition) is 4. The Balaban J connectivity index is 1.67. The predicted molar refractivity (Wildman–Crippen MR) is 121 cm³/mol. The average Bonchev–Trinajstić information content (AvgIpc) is 3.28. The summed E-state index contributed by atoms with van der Waals surface area (Å²) in [6.45, 7) is 11.6. The van der Waals surface area contributed by atoms with Gasteiger partial charge in [-0.1, -0.05) is 33.1 Å². The lowest BCUT2D eigenvalue weighted by atomic mass is 9.91. The molecule has 7 nitrogen and oxygen atoms in total. The van der Waals surface area contributed by atoms with Crippen molar-refractivity contribution in [3.63, 3.8) is 0 Å². The second-order valence-electron chi connectivity index (χ2n) is 9.29. The number of rotatable bonds is 7. The summed E-state index contributed by atoms with van der Waals surface area (Å²) in [5.74, 6) is 0.675. The van der Waals surface area contributed by atoms with E-state index in [0.717, 1.165) is 56.6 Å². The number of nitrogens with zero attached hydrogens (tertiary/aromatic N) is 3. The zero-order valence-electron chi connectivity index (χ0n) is 19.4. The van der Waals surface area contributed by atoms with Crippen LogP contribution in [0.15, 0.2) is 16.5 Å². The van der Waals surface area contributed by atoms with E-state index in [9.17, 15) is 9.59 Å². The third-order valence-electron chi connectivity index (χ3n) is 7.20. The minimum absolute atomic E-state index is 0.0417. The topological polar surface area (TPSA) is 70.7 Å². The zero-order valence-corrected chi connectivity index (χ0v) is 19.4. The number of hydrogen-bond donors (Lipinski definition) is 1. The summed E-state index contributed by atoms with van der Waals surface area (Å²) in [7, 11) is 0. The van der Waals surface area contributed by atoms with Crippen LogP contribution in [-0.2, 0) is 11.3 Å². The van der Waals surface area contributed by atoms with Gasteiger partial charge in [0.1, 0.15) is 17.0 Å². The molecule has 1 fully saturated rings. The smallest absolute Gasteiger partial charge is 0.271 e. The summed E-state index contributed by atoms with van der Waals surface area (Å²) < 4.78 is 7.76. The molecular weight excluding hydrogens is 392 g/mol. The van der Waals surface area contributed by atoms with E-state index in [4.69, 9.17) is 4.42 Å². The number of aromatic nitrogens is 1. The molecule has 1 N–H and O–H groups in total. The fourth-order valence-corrected chi connectivity index (χ4v) is 5.18. The third-order valence-corrected chi connectivity index (χ3v) is 7.20. The van der Waals surface area contributed by atoms with Gasteiger partial charge in [-0.3, -0.25) is 9.59 Å². The number of likely N-dealkylation sites (N-methyl/N-ethyl adjacent to an activating group) is 1. The predicted octanol–water partition coefficient (Wildman–Crippen LogP) is 3.55. The third kappa shape index (κ3) is 4.00. The molecule has 1 aliphatic carbocycles. The van der Waals surface area contributed by atoms with Gasteiger partial charge in [0.25, 0.3) is 5.91 Å². The number of furan rings is 1. The van der Waals surface area contributed by atoms with Crippen molar-refractivity contribution in [1.29, 1.82) is 0 Å². The molecule has 7 heteroatoms. The van der Waals surface area contributed by atoms with Crippen molar-refractivity contribution in [2.45, 2.75) is 77.9 Å². The highest BCUT2D eigenvalue weighted by atomic mass is 16.3. The minimum atomic E-state index is -0.939. The van der Waals surface area contributed by atoms with Gasteiger partial charge in [-0.05, 0) is 39.8 Å². The zero-order chi connectivity index (χ0) is 22.2. The number of fused-ring (bicyclic) bond motifs is 3. The Labute approximate surface area is 184 Å². The molecule has 3 heterocycles. The highest BCUT2D eigenvalue weighted by molar-refractivity contribution is 6.03. The van der Waals surface area contributed by atoms with Crippen molar-refractivity contribution in [2.75, 3.05) is 26.2 Å². The van der Waals surface area contributed by atoms with Gasteiger partial charge >= 0.3 is 0 Å². The maximum absolute atomic E-state index is 13.6. The molecule has 0 radical (unpaired) electrons. The molecule has 1 aliphatic heterocycles. The minimum Gasteiger partial charge on any atom is -0.460 e. The second-order valence-corrected chi connectivity index (χ2v) is 9.29. The Bertz CT molecular complexity index is 952. The van der Waals surface area contributed by atoms with E-state index in [1.165, 1.54) is 6.42 Å². The molecule has 4 rings (SSSR count). The molecule has 2 aromatic heterocycles. The molecule has 0 saturated heterocycles. The number of carbonyl (C=O) groups is 2. The van der Waals surface area contributed by atoms with Crippen LogP contribution in [0.1, 0.15) is 69.1 Å². The number of amides is 2. The summed E-state index contributed by atoms with van der Waals surface area (Å²) in [4.78, 5) is 31.4. The van der Waals surface area contributed by atoms with Crippen LogP contribution >= 0.6 is 0 Å². The fourth-order valence-electron chi connectivity index (χ4n) is 5.18. The highest BCUT2D eigenvalue weighted by Crippen LogP contribution is 2.34. The van der Waals surface area contributed by atoms with Crippen LogP contribution in [0.5, 0.6) is 0 Å². The highest BCUT2D eigenvalue weighted by Gasteiger charge is 2.48. The Hall–Kier alpha value is -2.28. The molecule has 31 heavy (non-hydrogen) atoms. The number of nitrogens with one attached hydrogen (secondary N) is 1. The Kier molecular flexibility index (Phi) is 6.15. The molecule has 1 atom stereocenters. The molecule has 0 unspecified atom stereocenters. The van der Waals surface area contributed by atoms with Gasteiger partial charge in [0.05, 0.1) is 12.1 Å². The van der Waals surface area contributed by atoms with Gasteiger partial charge in [0.15, 0.2) is 5.58 Å². The molecule has 170 valence electrons. The normalized spacial score (nSPS) is 22.4. The lowest BCUT2D eigenvalue weighted by Crippen LogP contribution is -2.65. The van der Waals surface area contributed by atoms with E-state index >= 15 is 0 Å². The first-order valence-corrected chi connectivity index (χ1v) is 11.8. The average molecular weight is 429 g/mol. The van der Waals surface area contributed by atoms with Crippen molar-refractivity contribution in [2.24, 2.45) is 0 Å². The largest absolute Gasteiger partial charge is 0.460 e. The van der Waals surface area contributed by atoms with Crippen molar-refractivity contribution in [1.82, 2.24) is 19.7 Å². The van der Waals surface area contributed by atoms with E-state index in [1.807, 2.05) is 30.5 Å². The lowest BCUT2D eigenvalue weighted by Gasteiger charge is -2.45. The Morgan fingerprint density at radius 3 is 2.61 bits per heavy atom. The number of aryl methyl sites for hydroxylation is 1. The van der Waals surface area contributed by atoms with E-state index in [-0.39, 0.29) is 17.9 Å². The van der Waals surface area contributed by atoms with Gasteiger partial charge in [-0.25, -0.2) is 0 Å². The van der Waals surface area contributed by atoms with Crippen LogP contribution in [0.4, 0.5) is 0 Å². The fraction of sp³-hybridized carbons (Fsp3) is 0.667. The van der Waals surface area contributed by atoms with Crippen molar-refractivity contribution in [3.05, 3.63) is 23.6 Å². The summed E-state index contributed by atoms with van der Waals surface area (Å²) in [5, 5.41) is 3.29. The molecule has 2 amide bonds. The first-order chi connectivity index (χ1) is 14.9. The number of carbonyl (C=O) groups excluding carboxylic acids is 2. The summed E-state index contributed by atoms with van der Waals surface area (Å²) in [6, 6.07) is 3.99. The van der Waals surface area contributed by atoms with Crippen LogP contribution < -0.4 is 5.32 Å². The van der Waals surface area contributed by atoms with Crippen molar-refractivity contribution < 1.29 is 14.0 Å². The van der Waals surface area contributed by atoms with E-state index < -0.39 is 5.54 Å². The SMILES string of the molecule is CCN(CC)CCN1C(=O)c2cc3oc(C)cc3n2C[C@]1(C)C(=O)NC1CCCCC1. The van der Waals surface area contributed by atoms with Gasteiger partial charge in [-0.2, -0.15) is 0 Å². The van der Waals surface area contributed by atoms with E-state index in [2.05, 4.69) is 24.1 Å². The van der Waals surface area contributed by atoms with Crippen molar-refractivity contribution >= 4 is 22.9 Å². The lowest BCUT2D eigenvalue weighted by molar-refractivity contribution is -0.133. The molecular formula is C24H36N4O3. The summed E-state index contributed by atoms with van der Waals surface area (Å²) in [6.07, 6.45) is 5.60. The summed E-state index contributed by atoms with van der Waals surface area (Å²) in [5.41, 5.74) is 1.27. The van der Waals surface area contributed by atoms with Crippen LogP contribution in [0.3, 0.4) is 0 Å². The molecule has 0 bridgehead atoms. The maximum atomic E-state index is 13.6. The van der Waals surface area contributed by atoms with Gasteiger partial charge in [0, 0.05) is 31.3 Å².